The van der Waals surface area contributed by atoms with Crippen molar-refractivity contribution in [2.75, 3.05) is 17.1 Å². The largest absolute Gasteiger partial charge is 0.270 e. The lowest BCUT2D eigenvalue weighted by atomic mass is 10.1. The maximum atomic E-state index is 11.8. The van der Waals surface area contributed by atoms with Gasteiger partial charge in [0.25, 0.3) is 0 Å². The Balaban J connectivity index is 1.69. The van der Waals surface area contributed by atoms with Crippen LogP contribution in [0.25, 0.3) is 22.0 Å². The Kier molecular flexibility index (Phi) is 3.62. The lowest BCUT2D eigenvalue weighted by Gasteiger charge is -2.16. The molecule has 122 valence electrons. The molecule has 7 heteroatoms. The van der Waals surface area contributed by atoms with Crippen molar-refractivity contribution in [3.63, 3.8) is 0 Å². The Morgan fingerprint density at radius 1 is 1.17 bits per heavy atom. The molecule has 0 atom stereocenters. The van der Waals surface area contributed by atoms with Crippen molar-refractivity contribution in [3.05, 3.63) is 53.5 Å². The van der Waals surface area contributed by atoms with Crippen LogP contribution in [-0.2, 0) is 16.4 Å². The Labute approximate surface area is 144 Å². The van der Waals surface area contributed by atoms with Crippen molar-refractivity contribution in [1.29, 1.82) is 0 Å². The maximum absolute atomic E-state index is 11.8. The highest BCUT2D eigenvalue weighted by atomic mass is 32.2. The molecule has 0 saturated carbocycles. The molecule has 1 aliphatic rings. The summed E-state index contributed by atoms with van der Waals surface area (Å²) in [6.45, 7) is 0.508. The van der Waals surface area contributed by atoms with Crippen LogP contribution in [0.3, 0.4) is 0 Å². The summed E-state index contributed by atoms with van der Waals surface area (Å²) in [7, 11) is -3.21. The van der Waals surface area contributed by atoms with Crippen molar-refractivity contribution < 1.29 is 8.42 Å². The summed E-state index contributed by atoms with van der Waals surface area (Å²) in [6.07, 6.45) is 3.73. The molecule has 4 rings (SSSR count). The number of fused-ring (bicyclic) bond motifs is 1. The van der Waals surface area contributed by atoms with Gasteiger partial charge in [-0.15, -0.1) is 11.3 Å². The average Bonchev–Trinajstić information content (AvgIpc) is 3.21. The van der Waals surface area contributed by atoms with Gasteiger partial charge in [-0.25, -0.2) is 13.4 Å². The molecule has 0 N–H and O–H groups in total. The number of hydrogen-bond donors (Lipinski definition) is 0. The number of nitrogens with zero attached hydrogens (tertiary/aromatic N) is 3. The van der Waals surface area contributed by atoms with E-state index in [1.165, 1.54) is 10.6 Å². The van der Waals surface area contributed by atoms with E-state index in [4.69, 9.17) is 0 Å². The van der Waals surface area contributed by atoms with Crippen LogP contribution in [0.5, 0.6) is 0 Å². The van der Waals surface area contributed by atoms with Gasteiger partial charge in [-0.2, -0.15) is 0 Å². The molecule has 0 spiro atoms. The molecule has 0 radical (unpaired) electrons. The summed E-state index contributed by atoms with van der Waals surface area (Å²) in [4.78, 5) is 8.99. The zero-order valence-corrected chi connectivity index (χ0v) is 14.6. The first-order chi connectivity index (χ1) is 11.5. The molecule has 0 fully saturated rings. The molecule has 2 aromatic heterocycles. The number of thiazole rings is 1. The molecular weight excluding hydrogens is 342 g/mol. The van der Waals surface area contributed by atoms with Crippen molar-refractivity contribution in [2.45, 2.75) is 6.42 Å². The molecule has 0 unspecified atom stereocenters. The van der Waals surface area contributed by atoms with Gasteiger partial charge in [-0.1, -0.05) is 12.1 Å². The van der Waals surface area contributed by atoms with Crippen molar-refractivity contribution in [2.24, 2.45) is 0 Å². The van der Waals surface area contributed by atoms with Crippen molar-refractivity contribution >= 4 is 27.0 Å². The second kappa shape index (κ2) is 5.68. The summed E-state index contributed by atoms with van der Waals surface area (Å²) in [5, 5.41) is 2.89. The van der Waals surface area contributed by atoms with E-state index in [0.29, 0.717) is 6.54 Å². The van der Waals surface area contributed by atoms with Gasteiger partial charge < -0.3 is 0 Å². The smallest absolute Gasteiger partial charge is 0.232 e. The van der Waals surface area contributed by atoms with Gasteiger partial charge in [-0.3, -0.25) is 9.29 Å². The molecule has 0 saturated heterocycles. The first-order valence-corrected chi connectivity index (χ1v) is 10.2. The molecule has 3 heterocycles. The number of sulfonamides is 1. The Morgan fingerprint density at radius 2 is 2.04 bits per heavy atom. The Hall–Kier alpha value is -2.25. The van der Waals surface area contributed by atoms with Crippen molar-refractivity contribution in [3.8, 4) is 22.0 Å². The molecule has 1 aliphatic heterocycles. The van der Waals surface area contributed by atoms with E-state index in [9.17, 15) is 8.42 Å². The van der Waals surface area contributed by atoms with E-state index in [1.54, 1.807) is 17.5 Å². The van der Waals surface area contributed by atoms with Crippen LogP contribution in [-0.4, -0.2) is 31.2 Å². The molecule has 0 aliphatic carbocycles. The fourth-order valence-electron chi connectivity index (χ4n) is 2.89. The Bertz CT molecular complexity index is 998. The number of aromatic nitrogens is 2. The standard InChI is InChI=1S/C17H15N3O2S2/c1-24(21,22)20-9-7-13-10-12(5-6-16(13)20)15-11-23-17(19-15)14-4-2-3-8-18-14/h2-6,8,10-11H,7,9H2,1H3. The number of pyridine rings is 1. The summed E-state index contributed by atoms with van der Waals surface area (Å²) in [5.74, 6) is 0. The van der Waals surface area contributed by atoms with Crippen LogP contribution in [0.4, 0.5) is 5.69 Å². The van der Waals surface area contributed by atoms with Gasteiger partial charge in [0, 0.05) is 23.7 Å². The molecule has 0 amide bonds. The van der Waals surface area contributed by atoms with Crippen LogP contribution >= 0.6 is 11.3 Å². The van der Waals surface area contributed by atoms with E-state index in [2.05, 4.69) is 9.97 Å². The molecule has 1 aromatic carbocycles. The molecule has 0 bridgehead atoms. The van der Waals surface area contributed by atoms with Crippen LogP contribution in [0, 0.1) is 0 Å². The maximum Gasteiger partial charge on any atom is 0.232 e. The minimum Gasteiger partial charge on any atom is -0.270 e. The quantitative estimate of drug-likeness (QED) is 0.722. The van der Waals surface area contributed by atoms with Gasteiger partial charge in [0.05, 0.1) is 23.3 Å². The summed E-state index contributed by atoms with van der Waals surface area (Å²) >= 11 is 1.56. The highest BCUT2D eigenvalue weighted by molar-refractivity contribution is 7.92. The molecule has 24 heavy (non-hydrogen) atoms. The van der Waals surface area contributed by atoms with E-state index in [-0.39, 0.29) is 0 Å². The van der Waals surface area contributed by atoms with Crippen LogP contribution < -0.4 is 4.31 Å². The van der Waals surface area contributed by atoms with E-state index >= 15 is 0 Å². The minimum absolute atomic E-state index is 0.508. The van der Waals surface area contributed by atoms with Gasteiger partial charge in [-0.05, 0) is 36.2 Å². The third kappa shape index (κ3) is 2.70. The zero-order chi connectivity index (χ0) is 16.7. The second-order valence-corrected chi connectivity index (χ2v) is 8.45. The lowest BCUT2D eigenvalue weighted by molar-refractivity contribution is 0.598. The van der Waals surface area contributed by atoms with Crippen molar-refractivity contribution in [1.82, 2.24) is 9.97 Å². The fraction of sp³-hybridized carbons (Fsp3) is 0.176. The van der Waals surface area contributed by atoms with Gasteiger partial charge in [0.2, 0.25) is 10.0 Å². The van der Waals surface area contributed by atoms with Crippen LogP contribution in [0.2, 0.25) is 0 Å². The zero-order valence-electron chi connectivity index (χ0n) is 13.0. The Morgan fingerprint density at radius 3 is 2.79 bits per heavy atom. The minimum atomic E-state index is -3.21. The third-order valence-corrected chi connectivity index (χ3v) is 6.06. The summed E-state index contributed by atoms with van der Waals surface area (Å²) in [6, 6.07) is 11.6. The predicted octanol–water partition coefficient (Wildman–Crippen LogP) is 3.19. The molecular formula is C17H15N3O2S2. The number of anilines is 1. The van der Waals surface area contributed by atoms with Gasteiger partial charge in [0.15, 0.2) is 0 Å². The fourth-order valence-corrected chi connectivity index (χ4v) is 4.65. The second-order valence-electron chi connectivity index (χ2n) is 5.68. The SMILES string of the molecule is CS(=O)(=O)N1CCc2cc(-c3csc(-c4ccccn4)n3)ccc21. The van der Waals surface area contributed by atoms with Gasteiger partial charge in [0.1, 0.15) is 5.01 Å². The average molecular weight is 357 g/mol. The monoisotopic (exact) mass is 357 g/mol. The van der Waals surface area contributed by atoms with E-state index in [1.807, 2.05) is 41.8 Å². The number of benzene rings is 1. The first kappa shape index (κ1) is 15.3. The predicted molar refractivity (Wildman–Crippen MR) is 96.7 cm³/mol. The highest BCUT2D eigenvalue weighted by Gasteiger charge is 2.26. The summed E-state index contributed by atoms with van der Waals surface area (Å²) in [5.41, 5.74) is 4.58. The van der Waals surface area contributed by atoms with Crippen LogP contribution in [0.1, 0.15) is 5.56 Å². The van der Waals surface area contributed by atoms with Crippen LogP contribution in [0.15, 0.2) is 48.0 Å². The topological polar surface area (TPSA) is 63.2 Å². The lowest BCUT2D eigenvalue weighted by Crippen LogP contribution is -2.27. The first-order valence-electron chi connectivity index (χ1n) is 7.50. The van der Waals surface area contributed by atoms with E-state index < -0.39 is 10.0 Å². The highest BCUT2D eigenvalue weighted by Crippen LogP contribution is 2.35. The molecule has 3 aromatic rings. The number of hydrogen-bond acceptors (Lipinski definition) is 5. The summed E-state index contributed by atoms with van der Waals surface area (Å²) < 4.78 is 25.1. The third-order valence-electron chi connectivity index (χ3n) is 4.02. The molecule has 5 nitrogen and oxygen atoms in total. The number of rotatable bonds is 3. The normalized spacial score (nSPS) is 14.0. The van der Waals surface area contributed by atoms with Gasteiger partial charge >= 0.3 is 0 Å². The van der Waals surface area contributed by atoms with E-state index in [0.717, 1.165) is 39.6 Å².